The minimum atomic E-state index is -0.361. The molecule has 106 valence electrons. The minimum absolute atomic E-state index is 0.154. The van der Waals surface area contributed by atoms with Crippen LogP contribution in [0.5, 0.6) is 0 Å². The number of hydrogen-bond acceptors (Lipinski definition) is 2. The minimum Gasteiger partial charge on any atom is -0.380 e. The van der Waals surface area contributed by atoms with Crippen LogP contribution in [-0.2, 0) is 6.54 Å². The molecule has 0 aliphatic carbocycles. The van der Waals surface area contributed by atoms with Gasteiger partial charge in [-0.25, -0.2) is 4.39 Å². The average molecular weight is 318 g/mol. The fourth-order valence-corrected chi connectivity index (χ4v) is 3.12. The van der Waals surface area contributed by atoms with Crippen LogP contribution in [0.1, 0.15) is 5.56 Å². The molecular weight excluding hydrogens is 305 g/mol. The normalized spacial score (nSPS) is 10.6. The van der Waals surface area contributed by atoms with Crippen LogP contribution in [-0.4, -0.2) is 0 Å². The summed E-state index contributed by atoms with van der Waals surface area (Å²) in [4.78, 5) is 1.18. The number of halogens is 2. The molecule has 0 spiro atoms. The lowest BCUT2D eigenvalue weighted by molar-refractivity contribution is 0.613. The van der Waals surface area contributed by atoms with Crippen LogP contribution in [0.25, 0.3) is 10.4 Å². The van der Waals surface area contributed by atoms with Gasteiger partial charge in [-0.2, -0.15) is 0 Å². The van der Waals surface area contributed by atoms with E-state index in [0.717, 1.165) is 11.3 Å². The lowest BCUT2D eigenvalue weighted by atomic mass is 10.1. The van der Waals surface area contributed by atoms with Crippen molar-refractivity contribution < 1.29 is 4.39 Å². The maximum absolute atomic E-state index is 13.9. The van der Waals surface area contributed by atoms with E-state index in [-0.39, 0.29) is 10.8 Å². The maximum atomic E-state index is 13.9. The molecule has 3 aromatic rings. The van der Waals surface area contributed by atoms with Gasteiger partial charge in [0.1, 0.15) is 5.82 Å². The summed E-state index contributed by atoms with van der Waals surface area (Å²) in [5, 5.41) is 5.49. The van der Waals surface area contributed by atoms with Crippen molar-refractivity contribution in [1.82, 2.24) is 0 Å². The highest BCUT2D eigenvalue weighted by Crippen LogP contribution is 2.31. The number of thiophene rings is 1. The Bertz CT molecular complexity index is 740. The first-order valence-electron chi connectivity index (χ1n) is 6.55. The van der Waals surface area contributed by atoms with Gasteiger partial charge in [0.15, 0.2) is 0 Å². The van der Waals surface area contributed by atoms with Crippen LogP contribution in [0, 0.1) is 5.82 Å². The Hall–Kier alpha value is -1.84. The average Bonchev–Trinajstić information content (AvgIpc) is 3.03. The predicted molar refractivity (Wildman–Crippen MR) is 88.5 cm³/mol. The van der Waals surface area contributed by atoms with Crippen molar-refractivity contribution in [2.24, 2.45) is 0 Å². The summed E-state index contributed by atoms with van der Waals surface area (Å²) in [5.74, 6) is -0.361. The lowest BCUT2D eigenvalue weighted by Gasteiger charge is -2.12. The molecule has 0 aliphatic heterocycles. The molecule has 0 aliphatic rings. The van der Waals surface area contributed by atoms with Gasteiger partial charge in [0.2, 0.25) is 0 Å². The van der Waals surface area contributed by atoms with E-state index in [1.165, 1.54) is 4.88 Å². The third-order valence-electron chi connectivity index (χ3n) is 3.21. The number of hydrogen-bond donors (Lipinski definition) is 1. The second-order valence-electron chi connectivity index (χ2n) is 4.59. The lowest BCUT2D eigenvalue weighted by Crippen LogP contribution is -2.03. The zero-order valence-electron chi connectivity index (χ0n) is 11.1. The van der Waals surface area contributed by atoms with Crippen LogP contribution in [0.15, 0.2) is 60.0 Å². The Balaban J connectivity index is 1.85. The molecule has 0 saturated heterocycles. The van der Waals surface area contributed by atoms with Crippen LogP contribution in [0.4, 0.5) is 10.1 Å². The SMILES string of the molecule is Fc1c(Cl)cccc1CNc1ccccc1-c1cccs1. The first-order chi connectivity index (χ1) is 10.3. The van der Waals surface area contributed by atoms with E-state index in [1.807, 2.05) is 29.6 Å². The number of rotatable bonds is 4. The van der Waals surface area contributed by atoms with Gasteiger partial charge in [0, 0.05) is 28.2 Å². The molecule has 2 aromatic carbocycles. The van der Waals surface area contributed by atoms with Crippen molar-refractivity contribution in [3.05, 3.63) is 76.4 Å². The Morgan fingerprint density at radius 2 is 1.86 bits per heavy atom. The highest BCUT2D eigenvalue weighted by atomic mass is 35.5. The van der Waals surface area contributed by atoms with E-state index >= 15 is 0 Å². The Morgan fingerprint density at radius 1 is 1.00 bits per heavy atom. The van der Waals surface area contributed by atoms with Crippen molar-refractivity contribution in [1.29, 1.82) is 0 Å². The molecule has 0 bridgehead atoms. The van der Waals surface area contributed by atoms with Gasteiger partial charge >= 0.3 is 0 Å². The summed E-state index contributed by atoms with van der Waals surface area (Å²) in [6.07, 6.45) is 0. The van der Waals surface area contributed by atoms with Gasteiger partial charge in [-0.1, -0.05) is 48.0 Å². The van der Waals surface area contributed by atoms with E-state index in [0.29, 0.717) is 12.1 Å². The Morgan fingerprint density at radius 3 is 2.67 bits per heavy atom. The molecule has 0 amide bonds. The smallest absolute Gasteiger partial charge is 0.146 e. The molecule has 1 aromatic heterocycles. The Kier molecular flexibility index (Phi) is 4.23. The van der Waals surface area contributed by atoms with Gasteiger partial charge in [-0.05, 0) is 23.6 Å². The molecule has 0 radical (unpaired) electrons. The van der Waals surface area contributed by atoms with Gasteiger partial charge in [-0.3, -0.25) is 0 Å². The highest BCUT2D eigenvalue weighted by molar-refractivity contribution is 7.13. The number of nitrogens with one attached hydrogen (secondary N) is 1. The first kappa shape index (κ1) is 14.1. The van der Waals surface area contributed by atoms with Crippen molar-refractivity contribution in [2.75, 3.05) is 5.32 Å². The van der Waals surface area contributed by atoms with Crippen molar-refractivity contribution >= 4 is 28.6 Å². The van der Waals surface area contributed by atoms with Crippen molar-refractivity contribution in [3.63, 3.8) is 0 Å². The largest absolute Gasteiger partial charge is 0.380 e. The fraction of sp³-hybridized carbons (Fsp3) is 0.0588. The third-order valence-corrected chi connectivity index (χ3v) is 4.41. The summed E-state index contributed by atoms with van der Waals surface area (Å²) in [7, 11) is 0. The standard InChI is InChI=1S/C17H13ClFNS/c18-14-7-3-5-12(17(14)19)11-20-15-8-2-1-6-13(15)16-9-4-10-21-16/h1-10,20H,11H2. The van der Waals surface area contributed by atoms with Gasteiger partial charge in [0.25, 0.3) is 0 Å². The summed E-state index contributed by atoms with van der Waals surface area (Å²) in [6.45, 7) is 0.398. The number of anilines is 1. The number of para-hydroxylation sites is 1. The van der Waals surface area contributed by atoms with Gasteiger partial charge in [-0.15, -0.1) is 11.3 Å². The fourth-order valence-electron chi connectivity index (χ4n) is 2.16. The molecule has 3 rings (SSSR count). The van der Waals surface area contributed by atoms with Crippen molar-refractivity contribution in [3.8, 4) is 10.4 Å². The molecule has 1 nitrogen and oxygen atoms in total. The number of benzene rings is 2. The van der Waals surface area contributed by atoms with E-state index in [9.17, 15) is 4.39 Å². The van der Waals surface area contributed by atoms with Crippen LogP contribution >= 0.6 is 22.9 Å². The van der Waals surface area contributed by atoms with Crippen LogP contribution in [0.3, 0.4) is 0 Å². The highest BCUT2D eigenvalue weighted by Gasteiger charge is 2.08. The van der Waals surface area contributed by atoms with Gasteiger partial charge in [0.05, 0.1) is 5.02 Å². The zero-order chi connectivity index (χ0) is 14.7. The summed E-state index contributed by atoms with van der Waals surface area (Å²) in [5.41, 5.74) is 2.66. The summed E-state index contributed by atoms with van der Waals surface area (Å²) in [6, 6.07) is 17.2. The maximum Gasteiger partial charge on any atom is 0.146 e. The molecule has 1 heterocycles. The molecule has 0 saturated carbocycles. The molecule has 0 fully saturated rings. The first-order valence-corrected chi connectivity index (χ1v) is 7.81. The van der Waals surface area contributed by atoms with E-state index < -0.39 is 0 Å². The van der Waals surface area contributed by atoms with E-state index in [2.05, 4.69) is 17.4 Å². The second-order valence-corrected chi connectivity index (χ2v) is 5.94. The van der Waals surface area contributed by atoms with E-state index in [4.69, 9.17) is 11.6 Å². The van der Waals surface area contributed by atoms with E-state index in [1.54, 1.807) is 29.5 Å². The Labute approximate surface area is 132 Å². The topological polar surface area (TPSA) is 12.0 Å². The quantitative estimate of drug-likeness (QED) is 0.639. The van der Waals surface area contributed by atoms with Crippen molar-refractivity contribution in [2.45, 2.75) is 6.54 Å². The second kappa shape index (κ2) is 6.29. The monoisotopic (exact) mass is 317 g/mol. The van der Waals surface area contributed by atoms with Crippen LogP contribution in [0.2, 0.25) is 5.02 Å². The molecular formula is C17H13ClFNS. The molecule has 0 unspecified atom stereocenters. The summed E-state index contributed by atoms with van der Waals surface area (Å²) >= 11 is 7.49. The van der Waals surface area contributed by atoms with Crippen LogP contribution < -0.4 is 5.32 Å². The van der Waals surface area contributed by atoms with Gasteiger partial charge < -0.3 is 5.32 Å². The molecule has 21 heavy (non-hydrogen) atoms. The molecule has 0 atom stereocenters. The zero-order valence-corrected chi connectivity index (χ0v) is 12.7. The predicted octanol–water partition coefficient (Wildman–Crippen LogP) is 5.82. The molecule has 1 N–H and O–H groups in total. The molecule has 4 heteroatoms. The third kappa shape index (κ3) is 3.09. The summed E-state index contributed by atoms with van der Waals surface area (Å²) < 4.78 is 13.9.